The minimum Gasteiger partial charge on any atom is -0.338 e. The summed E-state index contributed by atoms with van der Waals surface area (Å²) in [6.45, 7) is 7.53. The highest BCUT2D eigenvalue weighted by molar-refractivity contribution is 5.54. The highest BCUT2D eigenvalue weighted by Crippen LogP contribution is 2.24. The van der Waals surface area contributed by atoms with Gasteiger partial charge in [0.1, 0.15) is 0 Å². The molecule has 3 aromatic rings. The lowest BCUT2D eigenvalue weighted by Crippen LogP contribution is -2.47. The van der Waals surface area contributed by atoms with E-state index in [1.165, 1.54) is 0 Å². The van der Waals surface area contributed by atoms with Crippen molar-refractivity contribution in [3.05, 3.63) is 42.0 Å². The molecule has 1 saturated heterocycles. The van der Waals surface area contributed by atoms with Gasteiger partial charge in [-0.3, -0.25) is 4.90 Å². The maximum atomic E-state index is 5.41. The summed E-state index contributed by atoms with van der Waals surface area (Å²) in [6, 6.07) is 9.92. The standard InChI is InChI=1S/C18H22N6O2/c1-3-15-19-16(25-21-15)13(2)23-9-11-24(12-10-23)18-20-17(26-22-18)14-7-5-4-6-8-14/h4-8,13H,3,9-12H2,1-2H3. The molecule has 136 valence electrons. The Bertz CT molecular complexity index is 838. The molecule has 0 bridgehead atoms. The van der Waals surface area contributed by atoms with E-state index in [0.29, 0.717) is 17.7 Å². The molecule has 0 spiro atoms. The molecule has 26 heavy (non-hydrogen) atoms. The summed E-state index contributed by atoms with van der Waals surface area (Å²) in [5.74, 6) is 2.63. The van der Waals surface area contributed by atoms with E-state index in [-0.39, 0.29) is 6.04 Å². The summed E-state index contributed by atoms with van der Waals surface area (Å²) in [5.41, 5.74) is 0.932. The fourth-order valence-electron chi connectivity index (χ4n) is 3.09. The van der Waals surface area contributed by atoms with Gasteiger partial charge in [-0.1, -0.05) is 30.3 Å². The summed E-state index contributed by atoms with van der Waals surface area (Å²) in [5, 5.41) is 8.13. The predicted octanol–water partition coefficient (Wildman–Crippen LogP) is 2.57. The van der Waals surface area contributed by atoms with Gasteiger partial charge in [0, 0.05) is 38.2 Å². The Labute approximate surface area is 151 Å². The monoisotopic (exact) mass is 354 g/mol. The van der Waals surface area contributed by atoms with Crippen molar-refractivity contribution in [2.75, 3.05) is 31.1 Å². The Kier molecular flexibility index (Phi) is 4.66. The summed E-state index contributed by atoms with van der Waals surface area (Å²) in [7, 11) is 0. The molecule has 1 aromatic carbocycles. The molecule has 0 amide bonds. The topological polar surface area (TPSA) is 84.3 Å². The third-order valence-electron chi connectivity index (χ3n) is 4.74. The summed E-state index contributed by atoms with van der Waals surface area (Å²) >= 11 is 0. The molecule has 0 saturated carbocycles. The lowest BCUT2D eigenvalue weighted by Gasteiger charge is -2.36. The molecule has 1 unspecified atom stereocenters. The second-order valence-corrected chi connectivity index (χ2v) is 6.37. The molecular formula is C18H22N6O2. The highest BCUT2D eigenvalue weighted by atomic mass is 16.5. The van der Waals surface area contributed by atoms with Crippen molar-refractivity contribution in [3.63, 3.8) is 0 Å². The summed E-state index contributed by atoms with van der Waals surface area (Å²) in [4.78, 5) is 13.5. The van der Waals surface area contributed by atoms with Crippen LogP contribution in [-0.2, 0) is 6.42 Å². The quantitative estimate of drug-likeness (QED) is 0.691. The average Bonchev–Trinajstić information content (AvgIpc) is 3.38. The zero-order valence-corrected chi connectivity index (χ0v) is 15.0. The van der Waals surface area contributed by atoms with Gasteiger partial charge >= 0.3 is 0 Å². The maximum Gasteiger partial charge on any atom is 0.266 e. The number of nitrogens with zero attached hydrogens (tertiary/aromatic N) is 6. The molecule has 1 fully saturated rings. The van der Waals surface area contributed by atoms with Crippen LogP contribution in [0.4, 0.5) is 5.95 Å². The number of rotatable bonds is 5. The van der Waals surface area contributed by atoms with E-state index < -0.39 is 0 Å². The number of hydrogen-bond acceptors (Lipinski definition) is 8. The molecular weight excluding hydrogens is 332 g/mol. The fourth-order valence-corrected chi connectivity index (χ4v) is 3.09. The van der Waals surface area contributed by atoms with Crippen LogP contribution in [0.15, 0.2) is 39.4 Å². The van der Waals surface area contributed by atoms with Crippen LogP contribution in [0.5, 0.6) is 0 Å². The van der Waals surface area contributed by atoms with Crippen molar-refractivity contribution < 1.29 is 9.05 Å². The average molecular weight is 354 g/mol. The van der Waals surface area contributed by atoms with E-state index in [2.05, 4.69) is 37.0 Å². The largest absolute Gasteiger partial charge is 0.338 e. The Hall–Kier alpha value is -2.74. The molecule has 4 rings (SSSR count). The van der Waals surface area contributed by atoms with Crippen molar-refractivity contribution in [2.45, 2.75) is 26.3 Å². The molecule has 2 aromatic heterocycles. The van der Waals surface area contributed by atoms with Crippen LogP contribution < -0.4 is 4.90 Å². The number of hydrogen-bond donors (Lipinski definition) is 0. The Morgan fingerprint density at radius 1 is 1.00 bits per heavy atom. The van der Waals surface area contributed by atoms with Crippen LogP contribution in [0.3, 0.4) is 0 Å². The van der Waals surface area contributed by atoms with E-state index in [1.807, 2.05) is 37.3 Å². The van der Waals surface area contributed by atoms with Gasteiger partial charge in [-0.15, -0.1) is 0 Å². The Morgan fingerprint density at radius 2 is 1.77 bits per heavy atom. The van der Waals surface area contributed by atoms with Crippen molar-refractivity contribution in [1.29, 1.82) is 0 Å². The van der Waals surface area contributed by atoms with E-state index >= 15 is 0 Å². The third-order valence-corrected chi connectivity index (χ3v) is 4.74. The van der Waals surface area contributed by atoms with Crippen LogP contribution in [0, 0.1) is 0 Å². The van der Waals surface area contributed by atoms with Gasteiger partial charge in [0.2, 0.25) is 5.89 Å². The lowest BCUT2D eigenvalue weighted by atomic mass is 10.2. The first kappa shape index (κ1) is 16.7. The van der Waals surface area contributed by atoms with Crippen LogP contribution in [-0.4, -0.2) is 51.4 Å². The van der Waals surface area contributed by atoms with Crippen molar-refractivity contribution >= 4 is 5.95 Å². The molecule has 8 nitrogen and oxygen atoms in total. The van der Waals surface area contributed by atoms with Gasteiger partial charge in [0.15, 0.2) is 5.82 Å². The molecule has 0 aliphatic carbocycles. The first-order valence-corrected chi connectivity index (χ1v) is 8.95. The first-order chi connectivity index (χ1) is 12.7. The van der Waals surface area contributed by atoms with E-state index in [0.717, 1.165) is 44.0 Å². The van der Waals surface area contributed by atoms with E-state index in [1.54, 1.807) is 0 Å². The van der Waals surface area contributed by atoms with Gasteiger partial charge in [-0.2, -0.15) is 9.97 Å². The third kappa shape index (κ3) is 3.32. The summed E-state index contributed by atoms with van der Waals surface area (Å²) < 4.78 is 10.8. The number of piperazine rings is 1. The smallest absolute Gasteiger partial charge is 0.266 e. The zero-order chi connectivity index (χ0) is 17.9. The summed E-state index contributed by atoms with van der Waals surface area (Å²) in [6.07, 6.45) is 0.783. The number of aromatic nitrogens is 4. The zero-order valence-electron chi connectivity index (χ0n) is 15.0. The van der Waals surface area contributed by atoms with Gasteiger partial charge in [0.25, 0.3) is 11.8 Å². The second-order valence-electron chi connectivity index (χ2n) is 6.37. The van der Waals surface area contributed by atoms with Gasteiger partial charge < -0.3 is 13.9 Å². The minimum absolute atomic E-state index is 0.107. The number of anilines is 1. The van der Waals surface area contributed by atoms with Crippen LogP contribution in [0.1, 0.15) is 31.6 Å². The van der Waals surface area contributed by atoms with Crippen LogP contribution >= 0.6 is 0 Å². The predicted molar refractivity (Wildman–Crippen MR) is 95.6 cm³/mol. The van der Waals surface area contributed by atoms with E-state index in [9.17, 15) is 0 Å². The SMILES string of the molecule is CCc1noc(C(C)N2CCN(c3noc(-c4ccccc4)n3)CC2)n1. The number of aryl methyl sites for hydroxylation is 1. The van der Waals surface area contributed by atoms with Crippen molar-refractivity contribution in [2.24, 2.45) is 0 Å². The van der Waals surface area contributed by atoms with Crippen molar-refractivity contribution in [3.8, 4) is 11.5 Å². The molecule has 1 atom stereocenters. The van der Waals surface area contributed by atoms with E-state index in [4.69, 9.17) is 9.05 Å². The first-order valence-electron chi connectivity index (χ1n) is 8.95. The maximum absolute atomic E-state index is 5.41. The normalized spacial score (nSPS) is 16.8. The Balaban J connectivity index is 1.38. The fraction of sp³-hybridized carbons (Fsp3) is 0.444. The molecule has 1 aliphatic heterocycles. The van der Waals surface area contributed by atoms with Crippen LogP contribution in [0.25, 0.3) is 11.5 Å². The van der Waals surface area contributed by atoms with Gasteiger partial charge in [0.05, 0.1) is 6.04 Å². The van der Waals surface area contributed by atoms with Crippen LogP contribution in [0.2, 0.25) is 0 Å². The highest BCUT2D eigenvalue weighted by Gasteiger charge is 2.27. The molecule has 8 heteroatoms. The second kappa shape index (κ2) is 7.25. The van der Waals surface area contributed by atoms with Gasteiger partial charge in [-0.05, 0) is 24.2 Å². The van der Waals surface area contributed by atoms with Gasteiger partial charge in [-0.25, -0.2) is 0 Å². The Morgan fingerprint density at radius 3 is 2.46 bits per heavy atom. The van der Waals surface area contributed by atoms with Crippen molar-refractivity contribution in [1.82, 2.24) is 25.2 Å². The lowest BCUT2D eigenvalue weighted by molar-refractivity contribution is 0.163. The molecule has 0 radical (unpaired) electrons. The number of benzene rings is 1. The minimum atomic E-state index is 0.107. The molecule has 0 N–H and O–H groups in total. The molecule has 1 aliphatic rings. The molecule has 3 heterocycles.